The van der Waals surface area contributed by atoms with Crippen molar-refractivity contribution in [2.24, 2.45) is 5.92 Å². The van der Waals surface area contributed by atoms with Crippen LogP contribution in [0.5, 0.6) is 5.75 Å². The van der Waals surface area contributed by atoms with Gasteiger partial charge in [0.05, 0.1) is 18.2 Å². The molecule has 0 radical (unpaired) electrons. The summed E-state index contributed by atoms with van der Waals surface area (Å²) in [5.41, 5.74) is 4.22. The van der Waals surface area contributed by atoms with Crippen LogP contribution in [-0.2, 0) is 17.6 Å². The molecule has 1 aliphatic rings. The van der Waals surface area contributed by atoms with Crippen LogP contribution < -0.4 is 4.74 Å². The van der Waals surface area contributed by atoms with Gasteiger partial charge in [0.1, 0.15) is 11.5 Å². The molecule has 0 amide bonds. The Hall–Kier alpha value is -3.08. The third-order valence-electron chi connectivity index (χ3n) is 5.99. The molecule has 156 valence electrons. The third-order valence-corrected chi connectivity index (χ3v) is 5.99. The van der Waals surface area contributed by atoms with Crippen molar-refractivity contribution in [2.75, 3.05) is 6.61 Å². The molecule has 0 spiro atoms. The number of rotatable bonds is 8. The van der Waals surface area contributed by atoms with Crippen molar-refractivity contribution >= 4 is 5.97 Å². The predicted molar refractivity (Wildman–Crippen MR) is 115 cm³/mol. The Morgan fingerprint density at radius 2 is 2.07 bits per heavy atom. The van der Waals surface area contributed by atoms with Crippen molar-refractivity contribution in [2.45, 2.75) is 45.4 Å². The van der Waals surface area contributed by atoms with Gasteiger partial charge in [-0.2, -0.15) is 0 Å². The third kappa shape index (κ3) is 4.11. The molecule has 2 aromatic carbocycles. The first-order valence-electron chi connectivity index (χ1n) is 10.6. The van der Waals surface area contributed by atoms with E-state index in [2.05, 4.69) is 11.1 Å². The van der Waals surface area contributed by atoms with Crippen LogP contribution in [0.4, 0.5) is 0 Å². The minimum atomic E-state index is -0.701. The van der Waals surface area contributed by atoms with Gasteiger partial charge in [-0.3, -0.25) is 4.79 Å². The van der Waals surface area contributed by atoms with Crippen molar-refractivity contribution in [1.29, 1.82) is 0 Å². The Morgan fingerprint density at radius 1 is 1.27 bits per heavy atom. The van der Waals surface area contributed by atoms with Crippen LogP contribution in [0.2, 0.25) is 0 Å². The maximum Gasteiger partial charge on any atom is 0.307 e. The minimum absolute atomic E-state index is 0.102. The van der Waals surface area contributed by atoms with Gasteiger partial charge in [-0.15, -0.1) is 0 Å². The summed E-state index contributed by atoms with van der Waals surface area (Å²) in [6.07, 6.45) is 3.09. The van der Waals surface area contributed by atoms with E-state index in [0.29, 0.717) is 25.3 Å². The SMILES string of the molecule is CCC(C(=O)O)C1CCc2cc(OCCc3oc(-c4ccccc4)nc3C)ccc21. The number of benzene rings is 2. The highest BCUT2D eigenvalue weighted by Crippen LogP contribution is 2.41. The van der Waals surface area contributed by atoms with Crippen molar-refractivity contribution in [3.8, 4) is 17.2 Å². The number of hydrogen-bond donors (Lipinski definition) is 1. The van der Waals surface area contributed by atoms with E-state index < -0.39 is 5.97 Å². The summed E-state index contributed by atoms with van der Waals surface area (Å²) in [6.45, 7) is 4.40. The molecule has 0 saturated carbocycles. The summed E-state index contributed by atoms with van der Waals surface area (Å²) in [7, 11) is 0. The van der Waals surface area contributed by atoms with E-state index in [1.807, 2.05) is 56.3 Å². The van der Waals surface area contributed by atoms with E-state index in [-0.39, 0.29) is 11.8 Å². The maximum absolute atomic E-state index is 11.6. The fraction of sp³-hybridized carbons (Fsp3) is 0.360. The van der Waals surface area contributed by atoms with E-state index in [9.17, 15) is 9.90 Å². The van der Waals surface area contributed by atoms with Gasteiger partial charge >= 0.3 is 5.97 Å². The monoisotopic (exact) mass is 405 g/mol. The normalized spacial score (nSPS) is 16.3. The van der Waals surface area contributed by atoms with Crippen molar-refractivity contribution in [3.05, 3.63) is 71.1 Å². The summed E-state index contributed by atoms with van der Waals surface area (Å²) in [4.78, 5) is 16.1. The molecule has 2 unspecified atom stereocenters. The molecule has 1 aliphatic carbocycles. The number of aromatic nitrogens is 1. The minimum Gasteiger partial charge on any atom is -0.493 e. The summed E-state index contributed by atoms with van der Waals surface area (Å²) in [5, 5.41) is 9.50. The summed E-state index contributed by atoms with van der Waals surface area (Å²) < 4.78 is 11.9. The number of aliphatic carboxylic acids is 1. The lowest BCUT2D eigenvalue weighted by Crippen LogP contribution is -2.19. The Kier molecular flexibility index (Phi) is 5.88. The Bertz CT molecular complexity index is 1020. The number of nitrogens with zero attached hydrogens (tertiary/aromatic N) is 1. The van der Waals surface area contributed by atoms with E-state index >= 15 is 0 Å². The lowest BCUT2D eigenvalue weighted by molar-refractivity contribution is -0.142. The molecule has 0 aliphatic heterocycles. The summed E-state index contributed by atoms with van der Waals surface area (Å²) in [6, 6.07) is 15.9. The number of hydrogen-bond acceptors (Lipinski definition) is 4. The molecule has 0 bridgehead atoms. The molecule has 5 heteroatoms. The van der Waals surface area contributed by atoms with E-state index in [1.165, 1.54) is 5.56 Å². The number of carboxylic acid groups (broad SMARTS) is 1. The molecule has 0 fully saturated rings. The smallest absolute Gasteiger partial charge is 0.307 e. The quantitative estimate of drug-likeness (QED) is 0.542. The van der Waals surface area contributed by atoms with Crippen LogP contribution >= 0.6 is 0 Å². The Morgan fingerprint density at radius 3 is 2.80 bits per heavy atom. The molecule has 0 saturated heterocycles. The lowest BCUT2D eigenvalue weighted by Gasteiger charge is -2.19. The van der Waals surface area contributed by atoms with Gasteiger partial charge in [0, 0.05) is 12.0 Å². The number of oxazole rings is 1. The average molecular weight is 405 g/mol. The van der Waals surface area contributed by atoms with E-state index in [1.54, 1.807) is 0 Å². The van der Waals surface area contributed by atoms with Gasteiger partial charge in [0.15, 0.2) is 0 Å². The maximum atomic E-state index is 11.6. The molecule has 1 N–H and O–H groups in total. The number of ether oxygens (including phenoxy) is 1. The number of carboxylic acids is 1. The lowest BCUT2D eigenvalue weighted by atomic mass is 9.85. The fourth-order valence-electron chi connectivity index (χ4n) is 4.39. The van der Waals surface area contributed by atoms with Gasteiger partial charge in [-0.05, 0) is 67.5 Å². The zero-order chi connectivity index (χ0) is 21.1. The first kappa shape index (κ1) is 20.2. The predicted octanol–water partition coefficient (Wildman–Crippen LogP) is 5.41. The van der Waals surface area contributed by atoms with Gasteiger partial charge in [0.2, 0.25) is 5.89 Å². The largest absolute Gasteiger partial charge is 0.493 e. The second-order valence-electron chi connectivity index (χ2n) is 7.85. The second-order valence-corrected chi connectivity index (χ2v) is 7.85. The van der Waals surface area contributed by atoms with E-state index in [4.69, 9.17) is 9.15 Å². The first-order valence-corrected chi connectivity index (χ1v) is 10.6. The summed E-state index contributed by atoms with van der Waals surface area (Å²) in [5.74, 6) is 1.38. The van der Waals surface area contributed by atoms with Crippen molar-refractivity contribution in [1.82, 2.24) is 4.98 Å². The number of carbonyl (C=O) groups is 1. The topological polar surface area (TPSA) is 72.6 Å². The molecular formula is C25H27NO4. The molecule has 4 rings (SSSR count). The van der Waals surface area contributed by atoms with Gasteiger partial charge in [-0.25, -0.2) is 4.98 Å². The van der Waals surface area contributed by atoms with Gasteiger partial charge in [-0.1, -0.05) is 31.2 Å². The van der Waals surface area contributed by atoms with E-state index in [0.717, 1.165) is 41.2 Å². The average Bonchev–Trinajstić information content (AvgIpc) is 3.33. The standard InChI is InChI=1S/C25H27NO4/c1-3-20(25(27)28)22-11-9-18-15-19(10-12-21(18)22)29-14-13-23-16(2)26-24(30-23)17-7-5-4-6-8-17/h4-8,10,12,15,20,22H,3,9,11,13-14H2,1-2H3,(H,27,28). The fourth-order valence-corrected chi connectivity index (χ4v) is 4.39. The van der Waals surface area contributed by atoms with Crippen LogP contribution in [0.3, 0.4) is 0 Å². The zero-order valence-corrected chi connectivity index (χ0v) is 17.4. The highest BCUT2D eigenvalue weighted by atomic mass is 16.5. The Labute approximate surface area is 176 Å². The van der Waals surface area contributed by atoms with Gasteiger partial charge < -0.3 is 14.3 Å². The van der Waals surface area contributed by atoms with Crippen LogP contribution in [0.15, 0.2) is 52.9 Å². The molecule has 2 atom stereocenters. The molecule has 3 aromatic rings. The molecule has 1 heterocycles. The summed E-state index contributed by atoms with van der Waals surface area (Å²) >= 11 is 0. The first-order chi connectivity index (χ1) is 14.6. The highest BCUT2D eigenvalue weighted by Gasteiger charge is 2.33. The van der Waals surface area contributed by atoms with Crippen LogP contribution in [-0.4, -0.2) is 22.7 Å². The highest BCUT2D eigenvalue weighted by molar-refractivity contribution is 5.72. The van der Waals surface area contributed by atoms with Crippen LogP contribution in [0, 0.1) is 12.8 Å². The van der Waals surface area contributed by atoms with Crippen molar-refractivity contribution in [3.63, 3.8) is 0 Å². The van der Waals surface area contributed by atoms with Crippen molar-refractivity contribution < 1.29 is 19.1 Å². The Balaban J connectivity index is 1.39. The molecule has 30 heavy (non-hydrogen) atoms. The number of fused-ring (bicyclic) bond motifs is 1. The number of aryl methyl sites for hydroxylation is 2. The molecule has 5 nitrogen and oxygen atoms in total. The van der Waals surface area contributed by atoms with Crippen LogP contribution in [0.1, 0.15) is 48.3 Å². The van der Waals surface area contributed by atoms with Gasteiger partial charge in [0.25, 0.3) is 0 Å². The molecular weight excluding hydrogens is 378 g/mol. The second kappa shape index (κ2) is 8.74. The molecule has 1 aromatic heterocycles. The van der Waals surface area contributed by atoms with Crippen LogP contribution in [0.25, 0.3) is 11.5 Å². The zero-order valence-electron chi connectivity index (χ0n) is 17.4.